The molecule has 0 amide bonds. The van der Waals surface area contributed by atoms with Crippen molar-refractivity contribution in [2.45, 2.75) is 52.1 Å². The Bertz CT molecular complexity index is 361. The minimum atomic E-state index is 0.0838. The second-order valence-electron chi connectivity index (χ2n) is 5.89. The second-order valence-corrected chi connectivity index (χ2v) is 5.89. The Balaban J connectivity index is 2.31. The van der Waals surface area contributed by atoms with Crippen molar-refractivity contribution in [3.63, 3.8) is 0 Å². The third-order valence-electron chi connectivity index (χ3n) is 3.92. The summed E-state index contributed by atoms with van der Waals surface area (Å²) in [5.41, 5.74) is 7.58. The summed E-state index contributed by atoms with van der Waals surface area (Å²) in [7, 11) is 0. The Hall–Kier alpha value is -0.830. The average Bonchev–Trinajstić information content (AvgIpc) is 2.95. The fourth-order valence-electron chi connectivity index (χ4n) is 2.36. The van der Waals surface area contributed by atoms with E-state index in [1.54, 1.807) is 0 Å². The maximum atomic E-state index is 6.24. The van der Waals surface area contributed by atoms with Gasteiger partial charge in [0.25, 0.3) is 0 Å². The van der Waals surface area contributed by atoms with Crippen molar-refractivity contribution in [2.75, 3.05) is 0 Å². The fourth-order valence-corrected chi connectivity index (χ4v) is 2.36. The van der Waals surface area contributed by atoms with Crippen molar-refractivity contribution >= 4 is 0 Å². The van der Waals surface area contributed by atoms with Crippen molar-refractivity contribution < 1.29 is 0 Å². The molecule has 0 aromatic carbocycles. The third kappa shape index (κ3) is 1.88. The van der Waals surface area contributed by atoms with Gasteiger partial charge in [0.05, 0.1) is 12.0 Å². The summed E-state index contributed by atoms with van der Waals surface area (Å²) < 4.78 is 2.29. The Labute approximate surface area is 98.1 Å². The van der Waals surface area contributed by atoms with Gasteiger partial charge in [-0.15, -0.1) is 0 Å². The summed E-state index contributed by atoms with van der Waals surface area (Å²) in [6.45, 7) is 8.91. The highest BCUT2D eigenvalue weighted by Gasteiger charge is 2.40. The van der Waals surface area contributed by atoms with Crippen molar-refractivity contribution in [1.29, 1.82) is 0 Å². The zero-order chi connectivity index (χ0) is 11.9. The zero-order valence-corrected chi connectivity index (χ0v) is 10.8. The molecule has 3 heteroatoms. The molecule has 1 aliphatic rings. The number of rotatable bonds is 4. The fraction of sp³-hybridized carbons (Fsp3) is 0.769. The van der Waals surface area contributed by atoms with E-state index in [4.69, 9.17) is 5.73 Å². The molecule has 1 atom stereocenters. The Morgan fingerprint density at radius 1 is 1.44 bits per heavy atom. The van der Waals surface area contributed by atoms with E-state index in [-0.39, 0.29) is 11.6 Å². The lowest BCUT2D eigenvalue weighted by atomic mass is 9.95. The predicted molar refractivity (Wildman–Crippen MR) is 66.0 cm³/mol. The van der Waals surface area contributed by atoms with Crippen LogP contribution in [0.5, 0.6) is 0 Å². The molecular weight excluding hydrogens is 198 g/mol. The minimum Gasteiger partial charge on any atom is -0.327 e. The zero-order valence-electron chi connectivity index (χ0n) is 10.8. The van der Waals surface area contributed by atoms with Crippen LogP contribution in [0.25, 0.3) is 0 Å². The average molecular weight is 221 g/mol. The van der Waals surface area contributed by atoms with Gasteiger partial charge in [-0.2, -0.15) is 0 Å². The molecule has 0 spiro atoms. The number of nitrogens with two attached hydrogens (primary N) is 1. The summed E-state index contributed by atoms with van der Waals surface area (Å²) >= 11 is 0. The Kier molecular flexibility index (Phi) is 2.82. The predicted octanol–water partition coefficient (Wildman–Crippen LogP) is 2.68. The van der Waals surface area contributed by atoms with Crippen LogP contribution in [0.2, 0.25) is 0 Å². The van der Waals surface area contributed by atoms with Gasteiger partial charge in [-0.3, -0.25) is 0 Å². The van der Waals surface area contributed by atoms with Crippen LogP contribution in [0, 0.1) is 11.8 Å². The highest BCUT2D eigenvalue weighted by atomic mass is 15.1. The van der Waals surface area contributed by atoms with E-state index < -0.39 is 0 Å². The summed E-state index contributed by atoms with van der Waals surface area (Å²) in [4.78, 5) is 4.29. The van der Waals surface area contributed by atoms with E-state index in [9.17, 15) is 0 Å². The van der Waals surface area contributed by atoms with Crippen molar-refractivity contribution in [3.05, 3.63) is 18.2 Å². The molecule has 90 valence electrons. The van der Waals surface area contributed by atoms with Gasteiger partial charge in [-0.05, 0) is 38.5 Å². The molecular formula is C13H23N3. The van der Waals surface area contributed by atoms with Gasteiger partial charge >= 0.3 is 0 Å². The van der Waals surface area contributed by atoms with Gasteiger partial charge in [0.2, 0.25) is 0 Å². The van der Waals surface area contributed by atoms with Crippen LogP contribution in [0.15, 0.2) is 12.5 Å². The molecule has 2 N–H and O–H groups in total. The van der Waals surface area contributed by atoms with Crippen LogP contribution < -0.4 is 5.73 Å². The smallest absolute Gasteiger partial charge is 0.0953 e. The largest absolute Gasteiger partial charge is 0.327 e. The number of hydrogen-bond donors (Lipinski definition) is 1. The molecule has 16 heavy (non-hydrogen) atoms. The van der Waals surface area contributed by atoms with Gasteiger partial charge < -0.3 is 10.3 Å². The van der Waals surface area contributed by atoms with Gasteiger partial charge in [0.1, 0.15) is 0 Å². The molecule has 1 saturated carbocycles. The Morgan fingerprint density at radius 3 is 2.56 bits per heavy atom. The standard InChI is InChI=1S/C13H23N3/c1-9(2)12(14)11-7-15-8-16(11)13(3,4)10-5-6-10/h7-10,12H,5-6,14H2,1-4H3. The van der Waals surface area contributed by atoms with Crippen LogP contribution in [-0.2, 0) is 5.54 Å². The van der Waals surface area contributed by atoms with E-state index in [1.165, 1.54) is 18.5 Å². The molecule has 1 fully saturated rings. The summed E-state index contributed by atoms with van der Waals surface area (Å²) in [6, 6.07) is 0.0838. The lowest BCUT2D eigenvalue weighted by Gasteiger charge is -2.31. The first-order valence-corrected chi connectivity index (χ1v) is 6.23. The SMILES string of the molecule is CC(C)C(N)c1cncn1C(C)(C)C1CC1. The molecule has 1 heterocycles. The molecule has 0 bridgehead atoms. The summed E-state index contributed by atoms with van der Waals surface area (Å²) in [5.74, 6) is 1.24. The highest BCUT2D eigenvalue weighted by molar-refractivity contribution is 5.11. The molecule has 0 saturated heterocycles. The molecule has 1 aliphatic carbocycles. The van der Waals surface area contributed by atoms with Gasteiger partial charge in [0.15, 0.2) is 0 Å². The highest BCUT2D eigenvalue weighted by Crippen LogP contribution is 2.44. The van der Waals surface area contributed by atoms with Crippen LogP contribution in [0.1, 0.15) is 52.3 Å². The maximum absolute atomic E-state index is 6.24. The van der Waals surface area contributed by atoms with Gasteiger partial charge in [-0.25, -0.2) is 4.98 Å². The lowest BCUT2D eigenvalue weighted by Crippen LogP contribution is -2.32. The van der Waals surface area contributed by atoms with Gasteiger partial charge in [0, 0.05) is 17.8 Å². The van der Waals surface area contributed by atoms with E-state index in [2.05, 4.69) is 37.2 Å². The summed E-state index contributed by atoms with van der Waals surface area (Å²) in [5, 5.41) is 0. The number of nitrogens with zero attached hydrogens (tertiary/aromatic N) is 2. The monoisotopic (exact) mass is 221 g/mol. The third-order valence-corrected chi connectivity index (χ3v) is 3.92. The molecule has 1 unspecified atom stereocenters. The van der Waals surface area contributed by atoms with Crippen LogP contribution in [0.4, 0.5) is 0 Å². The molecule has 1 aromatic heterocycles. The maximum Gasteiger partial charge on any atom is 0.0953 e. The van der Waals surface area contributed by atoms with Crippen molar-refractivity contribution in [3.8, 4) is 0 Å². The first-order chi connectivity index (χ1) is 7.44. The number of imidazole rings is 1. The second kappa shape index (κ2) is 3.88. The lowest BCUT2D eigenvalue weighted by molar-refractivity contribution is 0.285. The van der Waals surface area contributed by atoms with Crippen LogP contribution >= 0.6 is 0 Å². The molecule has 1 aromatic rings. The molecule has 2 rings (SSSR count). The molecule has 3 nitrogen and oxygen atoms in total. The first-order valence-electron chi connectivity index (χ1n) is 6.23. The minimum absolute atomic E-state index is 0.0838. The summed E-state index contributed by atoms with van der Waals surface area (Å²) in [6.07, 6.45) is 6.54. The number of hydrogen-bond acceptors (Lipinski definition) is 2. The van der Waals surface area contributed by atoms with Crippen LogP contribution in [0.3, 0.4) is 0 Å². The van der Waals surface area contributed by atoms with Crippen molar-refractivity contribution in [1.82, 2.24) is 9.55 Å². The van der Waals surface area contributed by atoms with Gasteiger partial charge in [-0.1, -0.05) is 13.8 Å². The van der Waals surface area contributed by atoms with E-state index in [0.717, 1.165) is 5.92 Å². The van der Waals surface area contributed by atoms with E-state index in [1.807, 2.05) is 12.5 Å². The first kappa shape index (κ1) is 11.6. The van der Waals surface area contributed by atoms with E-state index >= 15 is 0 Å². The topological polar surface area (TPSA) is 43.8 Å². The quantitative estimate of drug-likeness (QED) is 0.849. The van der Waals surface area contributed by atoms with E-state index in [0.29, 0.717) is 5.92 Å². The normalized spacial score (nSPS) is 19.1. The Morgan fingerprint density at radius 2 is 2.06 bits per heavy atom. The number of aromatic nitrogens is 2. The molecule has 0 radical (unpaired) electrons. The van der Waals surface area contributed by atoms with Crippen molar-refractivity contribution in [2.24, 2.45) is 17.6 Å². The molecule has 0 aliphatic heterocycles. The van der Waals surface area contributed by atoms with Crippen LogP contribution in [-0.4, -0.2) is 9.55 Å².